The minimum Gasteiger partial charge on any atom is -0.329 e. The van der Waals surface area contributed by atoms with Crippen molar-refractivity contribution in [3.63, 3.8) is 0 Å². The van der Waals surface area contributed by atoms with E-state index in [0.29, 0.717) is 6.54 Å². The van der Waals surface area contributed by atoms with E-state index in [1.165, 1.54) is 5.39 Å². The molecule has 2 rings (SSSR count). The van der Waals surface area contributed by atoms with E-state index in [1.807, 2.05) is 12.1 Å². The predicted octanol–water partition coefficient (Wildman–Crippen LogP) is 2.41. The van der Waals surface area contributed by atoms with Crippen molar-refractivity contribution in [1.29, 1.82) is 0 Å². The summed E-state index contributed by atoms with van der Waals surface area (Å²) in [4.78, 5) is 7.06. The summed E-state index contributed by atoms with van der Waals surface area (Å²) in [5.74, 6) is 0. The largest absolute Gasteiger partial charge is 0.329 e. The van der Waals surface area contributed by atoms with Gasteiger partial charge in [0, 0.05) is 25.0 Å². The predicted molar refractivity (Wildman–Crippen MR) is 76.4 cm³/mol. The van der Waals surface area contributed by atoms with Crippen molar-refractivity contribution in [2.75, 3.05) is 19.6 Å². The lowest BCUT2D eigenvalue weighted by Gasteiger charge is -2.20. The Balaban J connectivity index is 2.14. The number of aromatic nitrogens is 1. The Morgan fingerprint density at radius 2 is 1.94 bits per heavy atom. The van der Waals surface area contributed by atoms with Gasteiger partial charge < -0.3 is 5.73 Å². The summed E-state index contributed by atoms with van der Waals surface area (Å²) >= 11 is 0. The highest BCUT2D eigenvalue weighted by Crippen LogP contribution is 2.13. The van der Waals surface area contributed by atoms with Crippen molar-refractivity contribution in [2.45, 2.75) is 19.9 Å². The van der Waals surface area contributed by atoms with Gasteiger partial charge in [-0.05, 0) is 25.1 Å². The van der Waals surface area contributed by atoms with Crippen LogP contribution in [0.3, 0.4) is 0 Å². The van der Waals surface area contributed by atoms with Crippen LogP contribution in [0, 0.1) is 0 Å². The van der Waals surface area contributed by atoms with Crippen LogP contribution in [0.5, 0.6) is 0 Å². The molecule has 0 aliphatic carbocycles. The average molecular weight is 243 g/mol. The molecular weight excluding hydrogens is 222 g/mol. The Bertz CT molecular complexity index is 490. The van der Waals surface area contributed by atoms with Crippen LogP contribution in [-0.2, 0) is 6.54 Å². The third-order valence-corrected chi connectivity index (χ3v) is 3.03. The zero-order chi connectivity index (χ0) is 12.8. The average Bonchev–Trinajstić information content (AvgIpc) is 2.39. The molecule has 0 amide bonds. The molecule has 1 heterocycles. The molecule has 1 aromatic carbocycles. The van der Waals surface area contributed by atoms with Crippen molar-refractivity contribution < 1.29 is 0 Å². The highest BCUT2D eigenvalue weighted by molar-refractivity contribution is 5.78. The molecule has 2 N–H and O–H groups in total. The maximum absolute atomic E-state index is 5.64. The number of nitrogens with two attached hydrogens (primary N) is 1. The maximum atomic E-state index is 5.64. The van der Waals surface area contributed by atoms with Crippen LogP contribution in [0.15, 0.2) is 36.4 Å². The molecule has 96 valence electrons. The standard InChI is InChI=1S/C15H21N3/c1-2-10-18(11-9-16)12-14-8-7-13-5-3-4-6-15(13)17-14/h3-8H,2,9-12,16H2,1H3. The van der Waals surface area contributed by atoms with E-state index < -0.39 is 0 Å². The summed E-state index contributed by atoms with van der Waals surface area (Å²) in [6.07, 6.45) is 1.15. The molecule has 3 heteroatoms. The van der Waals surface area contributed by atoms with Crippen LogP contribution in [0.2, 0.25) is 0 Å². The van der Waals surface area contributed by atoms with Gasteiger partial charge in [0.2, 0.25) is 0 Å². The Labute approximate surface area is 109 Å². The molecular formula is C15H21N3. The number of hydrogen-bond acceptors (Lipinski definition) is 3. The monoisotopic (exact) mass is 243 g/mol. The van der Waals surface area contributed by atoms with Crippen LogP contribution in [0.4, 0.5) is 0 Å². The number of fused-ring (bicyclic) bond motifs is 1. The molecule has 1 aromatic heterocycles. The quantitative estimate of drug-likeness (QED) is 0.847. The molecule has 0 atom stereocenters. The number of nitrogens with zero attached hydrogens (tertiary/aromatic N) is 2. The number of para-hydroxylation sites is 1. The highest BCUT2D eigenvalue weighted by Gasteiger charge is 2.05. The highest BCUT2D eigenvalue weighted by atomic mass is 15.1. The summed E-state index contributed by atoms with van der Waals surface area (Å²) in [5, 5.41) is 1.20. The van der Waals surface area contributed by atoms with E-state index in [2.05, 4.69) is 36.1 Å². The van der Waals surface area contributed by atoms with E-state index in [-0.39, 0.29) is 0 Å². The van der Waals surface area contributed by atoms with Crippen molar-refractivity contribution in [2.24, 2.45) is 5.73 Å². The molecule has 18 heavy (non-hydrogen) atoms. The van der Waals surface area contributed by atoms with Gasteiger partial charge in [0.15, 0.2) is 0 Å². The Kier molecular flexibility index (Phi) is 4.67. The van der Waals surface area contributed by atoms with Crippen molar-refractivity contribution in [3.8, 4) is 0 Å². The van der Waals surface area contributed by atoms with Crippen LogP contribution >= 0.6 is 0 Å². The molecule has 0 spiro atoms. The van der Waals surface area contributed by atoms with Gasteiger partial charge in [0.05, 0.1) is 11.2 Å². The fourth-order valence-electron chi connectivity index (χ4n) is 2.19. The normalized spacial score (nSPS) is 11.3. The molecule has 2 aromatic rings. The smallest absolute Gasteiger partial charge is 0.0705 e. The lowest BCUT2D eigenvalue weighted by atomic mass is 10.2. The lowest BCUT2D eigenvalue weighted by Crippen LogP contribution is -2.30. The second kappa shape index (κ2) is 6.47. The molecule has 3 nitrogen and oxygen atoms in total. The summed E-state index contributed by atoms with van der Waals surface area (Å²) in [7, 11) is 0. The second-order valence-corrected chi connectivity index (χ2v) is 4.56. The first-order valence-electron chi connectivity index (χ1n) is 6.60. The van der Waals surface area contributed by atoms with Crippen molar-refractivity contribution in [3.05, 3.63) is 42.1 Å². The third kappa shape index (κ3) is 3.28. The summed E-state index contributed by atoms with van der Waals surface area (Å²) in [6.45, 7) is 5.79. The third-order valence-electron chi connectivity index (χ3n) is 3.03. The van der Waals surface area contributed by atoms with Crippen LogP contribution in [0.25, 0.3) is 10.9 Å². The van der Waals surface area contributed by atoms with E-state index in [9.17, 15) is 0 Å². The number of rotatable bonds is 6. The second-order valence-electron chi connectivity index (χ2n) is 4.56. The SMILES string of the molecule is CCCN(CCN)Cc1ccc2ccccc2n1. The van der Waals surface area contributed by atoms with Gasteiger partial charge in [-0.15, -0.1) is 0 Å². The van der Waals surface area contributed by atoms with Gasteiger partial charge in [0.1, 0.15) is 0 Å². The van der Waals surface area contributed by atoms with Crippen LogP contribution < -0.4 is 5.73 Å². The van der Waals surface area contributed by atoms with Gasteiger partial charge in [0.25, 0.3) is 0 Å². The van der Waals surface area contributed by atoms with E-state index in [0.717, 1.165) is 37.3 Å². The van der Waals surface area contributed by atoms with Crippen molar-refractivity contribution >= 4 is 10.9 Å². The summed E-state index contributed by atoms with van der Waals surface area (Å²) in [5.41, 5.74) is 7.83. The maximum Gasteiger partial charge on any atom is 0.0705 e. The molecule has 0 bridgehead atoms. The molecule has 0 radical (unpaired) electrons. The Hall–Kier alpha value is -1.45. The van der Waals surface area contributed by atoms with E-state index in [1.54, 1.807) is 0 Å². The minimum atomic E-state index is 0.702. The van der Waals surface area contributed by atoms with Gasteiger partial charge in [-0.2, -0.15) is 0 Å². The molecule has 0 aliphatic heterocycles. The summed E-state index contributed by atoms with van der Waals surface area (Å²) < 4.78 is 0. The zero-order valence-electron chi connectivity index (χ0n) is 11.0. The number of pyridine rings is 1. The van der Waals surface area contributed by atoms with Gasteiger partial charge >= 0.3 is 0 Å². The fourth-order valence-corrected chi connectivity index (χ4v) is 2.19. The molecule has 0 aliphatic rings. The topological polar surface area (TPSA) is 42.1 Å². The Morgan fingerprint density at radius 3 is 2.72 bits per heavy atom. The molecule has 0 saturated carbocycles. The summed E-state index contributed by atoms with van der Waals surface area (Å²) in [6, 6.07) is 12.5. The zero-order valence-corrected chi connectivity index (χ0v) is 11.0. The Morgan fingerprint density at radius 1 is 1.11 bits per heavy atom. The van der Waals surface area contributed by atoms with Crippen molar-refractivity contribution in [1.82, 2.24) is 9.88 Å². The fraction of sp³-hybridized carbons (Fsp3) is 0.400. The first-order chi connectivity index (χ1) is 8.83. The number of benzene rings is 1. The molecule has 0 fully saturated rings. The molecule has 0 saturated heterocycles. The van der Waals surface area contributed by atoms with Crippen LogP contribution in [0.1, 0.15) is 19.0 Å². The van der Waals surface area contributed by atoms with Crippen LogP contribution in [-0.4, -0.2) is 29.5 Å². The van der Waals surface area contributed by atoms with E-state index >= 15 is 0 Å². The molecule has 0 unspecified atom stereocenters. The first-order valence-corrected chi connectivity index (χ1v) is 6.60. The van der Waals surface area contributed by atoms with Gasteiger partial charge in [-0.25, -0.2) is 0 Å². The number of hydrogen-bond donors (Lipinski definition) is 1. The van der Waals surface area contributed by atoms with Gasteiger partial charge in [-0.1, -0.05) is 31.2 Å². The lowest BCUT2D eigenvalue weighted by molar-refractivity contribution is 0.270. The first kappa shape index (κ1) is 13.0. The van der Waals surface area contributed by atoms with Gasteiger partial charge in [-0.3, -0.25) is 9.88 Å². The minimum absolute atomic E-state index is 0.702. The van der Waals surface area contributed by atoms with E-state index in [4.69, 9.17) is 10.7 Å².